The average Bonchev–Trinajstić information content (AvgIpc) is 3.16. The summed E-state index contributed by atoms with van der Waals surface area (Å²) in [7, 11) is 1.71. The minimum Gasteiger partial charge on any atom is -0.383 e. The lowest BCUT2D eigenvalue weighted by atomic mass is 9.92. The Morgan fingerprint density at radius 3 is 3.14 bits per heavy atom. The second-order valence-electron chi connectivity index (χ2n) is 5.39. The highest BCUT2D eigenvalue weighted by Crippen LogP contribution is 2.27. The number of nitrogens with zero attached hydrogens (tertiary/aromatic N) is 5. The van der Waals surface area contributed by atoms with E-state index in [0.29, 0.717) is 19.1 Å². The molecule has 0 N–H and O–H groups in total. The van der Waals surface area contributed by atoms with Crippen LogP contribution in [0.15, 0.2) is 30.9 Å². The van der Waals surface area contributed by atoms with Crippen LogP contribution in [0.1, 0.15) is 36.6 Å². The Hall–Kier alpha value is -1.95. The van der Waals surface area contributed by atoms with Crippen molar-refractivity contribution in [3.63, 3.8) is 0 Å². The molecule has 21 heavy (non-hydrogen) atoms. The Balaban J connectivity index is 1.67. The zero-order chi connectivity index (χ0) is 14.5. The van der Waals surface area contributed by atoms with Crippen LogP contribution in [0.5, 0.6) is 0 Å². The Bertz CT molecular complexity index is 601. The van der Waals surface area contributed by atoms with Crippen molar-refractivity contribution in [1.29, 1.82) is 0 Å². The fourth-order valence-corrected chi connectivity index (χ4v) is 2.68. The van der Waals surface area contributed by atoms with Gasteiger partial charge in [-0.1, -0.05) is 17.4 Å². The molecule has 0 aromatic carbocycles. The van der Waals surface area contributed by atoms with Gasteiger partial charge < -0.3 is 9.30 Å². The molecule has 0 saturated carbocycles. The van der Waals surface area contributed by atoms with Gasteiger partial charge in [-0.2, -0.15) is 0 Å². The molecular formula is C15H21N5O. The lowest BCUT2D eigenvalue weighted by molar-refractivity contribution is 0.186. The van der Waals surface area contributed by atoms with Gasteiger partial charge in [0, 0.05) is 25.8 Å². The van der Waals surface area contributed by atoms with Gasteiger partial charge in [0.05, 0.1) is 37.1 Å². The zero-order valence-electron chi connectivity index (χ0n) is 12.4. The van der Waals surface area contributed by atoms with Crippen LogP contribution in [-0.2, 0) is 17.8 Å². The second kappa shape index (κ2) is 6.67. The Kier molecular flexibility index (Phi) is 4.45. The number of hydrogen-bond acceptors (Lipinski definition) is 4. The van der Waals surface area contributed by atoms with Gasteiger partial charge in [0.2, 0.25) is 0 Å². The van der Waals surface area contributed by atoms with Gasteiger partial charge in [-0.15, -0.1) is 5.10 Å². The smallest absolute Gasteiger partial charge is 0.0949 e. The SMILES string of the molecule is COCCn1cncc1Cn1cc([C@@H]2CC=CCC2)nn1. The molecule has 0 aliphatic heterocycles. The first kappa shape index (κ1) is 14.0. The maximum Gasteiger partial charge on any atom is 0.0949 e. The van der Waals surface area contributed by atoms with E-state index in [-0.39, 0.29) is 0 Å². The summed E-state index contributed by atoms with van der Waals surface area (Å²) in [4.78, 5) is 4.20. The highest BCUT2D eigenvalue weighted by atomic mass is 16.5. The molecule has 3 rings (SSSR count). The van der Waals surface area contributed by atoms with Crippen molar-refractivity contribution in [2.75, 3.05) is 13.7 Å². The van der Waals surface area contributed by atoms with Crippen LogP contribution < -0.4 is 0 Å². The van der Waals surface area contributed by atoms with E-state index >= 15 is 0 Å². The first-order valence-electron chi connectivity index (χ1n) is 7.40. The molecule has 0 fully saturated rings. The molecule has 6 heteroatoms. The largest absolute Gasteiger partial charge is 0.383 e. The molecule has 112 valence electrons. The van der Waals surface area contributed by atoms with Gasteiger partial charge in [-0.05, 0) is 19.3 Å². The first-order chi connectivity index (χ1) is 10.4. The standard InChI is InChI=1S/C15H21N5O/c1-21-8-7-19-12-16-9-14(19)10-20-11-15(17-18-20)13-5-3-2-4-6-13/h2-3,9,11-13H,4-8,10H2,1H3/t13-/m1/s1. The second-order valence-corrected chi connectivity index (χ2v) is 5.39. The third-order valence-electron chi connectivity index (χ3n) is 3.90. The number of aromatic nitrogens is 5. The highest BCUT2D eigenvalue weighted by Gasteiger charge is 2.16. The summed E-state index contributed by atoms with van der Waals surface area (Å²) >= 11 is 0. The molecule has 0 bridgehead atoms. The van der Waals surface area contributed by atoms with Gasteiger partial charge in [-0.25, -0.2) is 9.67 Å². The van der Waals surface area contributed by atoms with Crippen LogP contribution in [0.2, 0.25) is 0 Å². The lowest BCUT2D eigenvalue weighted by Gasteiger charge is -2.14. The zero-order valence-corrected chi connectivity index (χ0v) is 12.4. The number of methoxy groups -OCH3 is 1. The third-order valence-corrected chi connectivity index (χ3v) is 3.90. The molecule has 0 saturated heterocycles. The number of hydrogen-bond donors (Lipinski definition) is 0. The number of allylic oxidation sites excluding steroid dienone is 2. The summed E-state index contributed by atoms with van der Waals surface area (Å²) in [6.45, 7) is 2.18. The molecule has 0 unspecified atom stereocenters. The molecule has 2 aromatic rings. The summed E-state index contributed by atoms with van der Waals surface area (Å²) in [6, 6.07) is 0. The summed E-state index contributed by atoms with van der Waals surface area (Å²) in [5.41, 5.74) is 2.22. The van der Waals surface area contributed by atoms with Crippen LogP contribution in [0, 0.1) is 0 Å². The van der Waals surface area contributed by atoms with Gasteiger partial charge in [0.25, 0.3) is 0 Å². The molecule has 2 heterocycles. The monoisotopic (exact) mass is 287 g/mol. The molecule has 0 spiro atoms. The van der Waals surface area contributed by atoms with Crippen LogP contribution in [0.25, 0.3) is 0 Å². The van der Waals surface area contributed by atoms with Crippen molar-refractivity contribution >= 4 is 0 Å². The number of imidazole rings is 1. The summed E-state index contributed by atoms with van der Waals surface area (Å²) in [5, 5.41) is 8.59. The maximum atomic E-state index is 5.11. The van der Waals surface area contributed by atoms with Gasteiger partial charge in [0.15, 0.2) is 0 Å². The quantitative estimate of drug-likeness (QED) is 0.762. The number of ether oxygens (including phenoxy) is 1. The molecular weight excluding hydrogens is 266 g/mol. The van der Waals surface area contributed by atoms with Crippen molar-refractivity contribution in [3.05, 3.63) is 42.3 Å². The molecule has 0 radical (unpaired) electrons. The normalized spacial score (nSPS) is 18.2. The average molecular weight is 287 g/mol. The Morgan fingerprint density at radius 2 is 2.33 bits per heavy atom. The third kappa shape index (κ3) is 3.39. The number of rotatable bonds is 6. The molecule has 1 atom stereocenters. The summed E-state index contributed by atoms with van der Waals surface area (Å²) in [5.74, 6) is 0.516. The minimum atomic E-state index is 0.516. The highest BCUT2D eigenvalue weighted by molar-refractivity contribution is 5.09. The van der Waals surface area contributed by atoms with Gasteiger partial charge >= 0.3 is 0 Å². The predicted octanol–water partition coefficient (Wildman–Crippen LogP) is 1.99. The summed E-state index contributed by atoms with van der Waals surface area (Å²) in [6.07, 6.45) is 13.6. The minimum absolute atomic E-state index is 0.516. The first-order valence-corrected chi connectivity index (χ1v) is 7.40. The van der Waals surface area contributed by atoms with Crippen molar-refractivity contribution in [2.24, 2.45) is 0 Å². The summed E-state index contributed by atoms with van der Waals surface area (Å²) < 4.78 is 9.10. The van der Waals surface area contributed by atoms with E-state index in [2.05, 4.69) is 38.2 Å². The van der Waals surface area contributed by atoms with E-state index in [9.17, 15) is 0 Å². The topological polar surface area (TPSA) is 57.8 Å². The van der Waals surface area contributed by atoms with Gasteiger partial charge in [0.1, 0.15) is 0 Å². The Morgan fingerprint density at radius 1 is 1.38 bits per heavy atom. The molecule has 0 amide bonds. The van der Waals surface area contributed by atoms with Gasteiger partial charge in [-0.3, -0.25) is 0 Å². The van der Waals surface area contributed by atoms with Crippen LogP contribution >= 0.6 is 0 Å². The maximum absolute atomic E-state index is 5.11. The molecule has 1 aliphatic rings. The fraction of sp³-hybridized carbons (Fsp3) is 0.533. The van der Waals surface area contributed by atoms with Crippen molar-refractivity contribution in [3.8, 4) is 0 Å². The predicted molar refractivity (Wildman–Crippen MR) is 79.0 cm³/mol. The van der Waals surface area contributed by atoms with E-state index in [1.54, 1.807) is 7.11 Å². The van der Waals surface area contributed by atoms with Crippen LogP contribution in [0.3, 0.4) is 0 Å². The van der Waals surface area contributed by atoms with E-state index in [0.717, 1.165) is 30.8 Å². The van der Waals surface area contributed by atoms with E-state index in [1.807, 2.05) is 17.2 Å². The van der Waals surface area contributed by atoms with E-state index < -0.39 is 0 Å². The van der Waals surface area contributed by atoms with E-state index in [4.69, 9.17) is 4.74 Å². The van der Waals surface area contributed by atoms with Crippen molar-refractivity contribution < 1.29 is 4.74 Å². The Labute approximate surface area is 124 Å². The molecule has 6 nitrogen and oxygen atoms in total. The molecule has 1 aliphatic carbocycles. The molecule has 2 aromatic heterocycles. The van der Waals surface area contributed by atoms with Crippen molar-refractivity contribution in [2.45, 2.75) is 38.3 Å². The van der Waals surface area contributed by atoms with Crippen LogP contribution in [0.4, 0.5) is 0 Å². The fourth-order valence-electron chi connectivity index (χ4n) is 2.68. The lowest BCUT2D eigenvalue weighted by Crippen LogP contribution is -2.10. The van der Waals surface area contributed by atoms with E-state index in [1.165, 1.54) is 6.42 Å². The van der Waals surface area contributed by atoms with Crippen LogP contribution in [-0.4, -0.2) is 38.3 Å². The van der Waals surface area contributed by atoms with Crippen molar-refractivity contribution in [1.82, 2.24) is 24.5 Å².